The van der Waals surface area contributed by atoms with E-state index in [0.717, 1.165) is 32.0 Å². The van der Waals surface area contributed by atoms with Gasteiger partial charge in [-0.05, 0) is 107 Å². The maximum Gasteiger partial charge on any atom is 0.240 e. The third kappa shape index (κ3) is 7.48. The first-order valence-corrected chi connectivity index (χ1v) is 13.3. The predicted molar refractivity (Wildman–Crippen MR) is 161 cm³/mol. The number of benzene rings is 4. The van der Waals surface area contributed by atoms with Crippen molar-refractivity contribution in [3.63, 3.8) is 0 Å². The summed E-state index contributed by atoms with van der Waals surface area (Å²) in [7, 11) is 0. The molecule has 11 heteroatoms. The Labute approximate surface area is 242 Å². The van der Waals surface area contributed by atoms with E-state index in [4.69, 9.17) is 28.1 Å². The second-order valence-electron chi connectivity index (χ2n) is 7.50. The van der Waals surface area contributed by atoms with Crippen LogP contribution in [0.5, 0.6) is 0 Å². The Morgan fingerprint density at radius 2 is 0.923 bits per heavy atom. The summed E-state index contributed by atoms with van der Waals surface area (Å²) in [5.41, 5.74) is 5.75. The van der Waals surface area contributed by atoms with Gasteiger partial charge in [-0.15, -0.1) is 0 Å². The van der Waals surface area contributed by atoms with Gasteiger partial charge in [-0.25, -0.2) is 13.2 Å². The van der Waals surface area contributed by atoms with Gasteiger partial charge in [0, 0.05) is 33.9 Å². The normalized spacial score (nSPS) is 9.85. The van der Waals surface area contributed by atoms with E-state index in [1.165, 1.54) is 36.2 Å². The van der Waals surface area contributed by atoms with Crippen LogP contribution in [0.25, 0.3) is 22.3 Å². The molecule has 0 unspecified atom stereocenters. The molecule has 0 amide bonds. The van der Waals surface area contributed by atoms with E-state index in [2.05, 4.69) is 30.3 Å². The number of isothiocyanates is 2. The number of carbonyl (C=O) groups excluding carboxylic acids is 2. The fraction of sp³-hybridized carbons (Fsp3) is 0. The van der Waals surface area contributed by atoms with Gasteiger partial charge >= 0.3 is 0 Å². The lowest BCUT2D eigenvalue weighted by Gasteiger charge is -2.12. The zero-order valence-corrected chi connectivity index (χ0v) is 23.0. The molecule has 0 aromatic heterocycles. The molecule has 0 aliphatic heterocycles. The Bertz CT molecular complexity index is 1570. The molecule has 0 N–H and O–H groups in total. The van der Waals surface area contributed by atoms with Crippen molar-refractivity contribution < 1.29 is 13.2 Å². The minimum atomic E-state index is 0.503. The van der Waals surface area contributed by atoms with Gasteiger partial charge in [0.25, 0.3) is 0 Å². The van der Waals surface area contributed by atoms with Gasteiger partial charge in [-0.2, -0.15) is 20.0 Å². The van der Waals surface area contributed by atoms with Crippen LogP contribution in [-0.2, 0) is 13.2 Å². The molecule has 0 radical (unpaired) electrons. The standard InChI is InChI=1S/C28H14N4O3S4/c33-15-29-21-5-1-19(2-6-21)25-13-23(31-17-36)9-11-27(25)38-35-39-28-12-10-24(32-18-37)14-26(28)20-3-7-22(8-4-20)30-16-34/h1-14H. The monoisotopic (exact) mass is 582 g/mol. The lowest BCUT2D eigenvalue weighted by Crippen LogP contribution is -1.85. The van der Waals surface area contributed by atoms with Gasteiger partial charge < -0.3 is 0 Å². The largest absolute Gasteiger partial charge is 0.240 e. The molecule has 4 aromatic rings. The molecule has 39 heavy (non-hydrogen) atoms. The van der Waals surface area contributed by atoms with Gasteiger partial charge in [0.05, 0.1) is 33.1 Å². The lowest BCUT2D eigenvalue weighted by molar-refractivity contribution is 0.564. The number of aliphatic imine (C=N–C) groups is 4. The van der Waals surface area contributed by atoms with Gasteiger partial charge in [-0.3, -0.25) is 0 Å². The highest BCUT2D eigenvalue weighted by Crippen LogP contribution is 2.41. The number of hydrogen-bond acceptors (Lipinski definition) is 11. The highest BCUT2D eigenvalue weighted by atomic mass is 32.2. The first kappa shape index (κ1) is 27.9. The van der Waals surface area contributed by atoms with Gasteiger partial charge in [0.15, 0.2) is 0 Å². The molecule has 0 saturated heterocycles. The number of nitrogens with zero attached hydrogens (tertiary/aromatic N) is 4. The van der Waals surface area contributed by atoms with Gasteiger partial charge in [0.1, 0.15) is 0 Å². The molecule has 0 spiro atoms. The summed E-state index contributed by atoms with van der Waals surface area (Å²) >= 11 is 11.9. The second kappa shape index (κ2) is 14.2. The minimum absolute atomic E-state index is 0.503. The summed E-state index contributed by atoms with van der Waals surface area (Å²) in [5, 5.41) is 4.77. The van der Waals surface area contributed by atoms with Gasteiger partial charge in [0.2, 0.25) is 12.2 Å². The fourth-order valence-electron chi connectivity index (χ4n) is 3.50. The van der Waals surface area contributed by atoms with Crippen molar-refractivity contribution in [3.05, 3.63) is 84.9 Å². The molecule has 0 fully saturated rings. The first-order valence-electron chi connectivity index (χ1n) is 11.0. The van der Waals surface area contributed by atoms with E-state index in [1.807, 2.05) is 60.7 Å². The molecule has 0 aliphatic rings. The van der Waals surface area contributed by atoms with Crippen molar-refractivity contribution in [3.8, 4) is 22.3 Å². The second-order valence-corrected chi connectivity index (χ2v) is 9.62. The van der Waals surface area contributed by atoms with E-state index < -0.39 is 0 Å². The summed E-state index contributed by atoms with van der Waals surface area (Å²) in [6, 6.07) is 25.4. The molecule has 188 valence electrons. The molecule has 0 bridgehead atoms. The number of isocyanates is 2. The van der Waals surface area contributed by atoms with Crippen LogP contribution in [0, 0.1) is 0 Å². The number of hydrogen-bond donors (Lipinski definition) is 0. The van der Waals surface area contributed by atoms with Crippen molar-refractivity contribution in [1.82, 2.24) is 0 Å². The maximum absolute atomic E-state index is 10.6. The zero-order valence-electron chi connectivity index (χ0n) is 19.7. The third-order valence-electron chi connectivity index (χ3n) is 5.23. The first-order chi connectivity index (χ1) is 19.1. The van der Waals surface area contributed by atoms with Crippen molar-refractivity contribution >= 4 is 93.8 Å². The molecule has 0 aliphatic carbocycles. The zero-order chi connectivity index (χ0) is 27.5. The molecule has 0 atom stereocenters. The summed E-state index contributed by atoms with van der Waals surface area (Å²) in [6.07, 6.45) is 3.08. The van der Waals surface area contributed by atoms with E-state index in [9.17, 15) is 9.59 Å². The summed E-state index contributed by atoms with van der Waals surface area (Å²) in [5.74, 6) is 0. The Hall–Kier alpha value is -4.10. The van der Waals surface area contributed by atoms with Crippen LogP contribution in [0.2, 0.25) is 0 Å². The highest BCUT2D eigenvalue weighted by molar-refractivity contribution is 8.08. The average Bonchev–Trinajstić information content (AvgIpc) is 2.96. The molecule has 0 heterocycles. The van der Waals surface area contributed by atoms with E-state index in [1.54, 1.807) is 24.3 Å². The fourth-order valence-corrected chi connectivity index (χ4v) is 5.22. The molecular formula is C28H14N4O3S4. The van der Waals surface area contributed by atoms with Crippen LogP contribution >= 0.6 is 48.5 Å². The van der Waals surface area contributed by atoms with Crippen LogP contribution in [0.15, 0.2) is 115 Å². The molecule has 7 nitrogen and oxygen atoms in total. The Kier molecular flexibility index (Phi) is 10.1. The van der Waals surface area contributed by atoms with Crippen molar-refractivity contribution in [1.29, 1.82) is 0 Å². The third-order valence-corrected chi connectivity index (χ3v) is 7.03. The Balaban J connectivity index is 1.62. The topological polar surface area (TPSA) is 92.8 Å². The van der Waals surface area contributed by atoms with Crippen molar-refractivity contribution in [2.45, 2.75) is 9.79 Å². The molecule has 4 aromatic carbocycles. The van der Waals surface area contributed by atoms with E-state index in [0.29, 0.717) is 22.7 Å². The number of thiocarbonyl (C=S) groups is 2. The predicted octanol–water partition coefficient (Wildman–Crippen LogP) is 9.15. The SMILES string of the molecule is O=C=Nc1ccc(-c2cc(N=C=S)ccc2SOSc2ccc(N=C=S)cc2-c2ccc(N=C=O)cc2)cc1. The average molecular weight is 583 g/mol. The lowest BCUT2D eigenvalue weighted by atomic mass is 10.0. The number of rotatable bonds is 10. The minimum Gasteiger partial charge on any atom is -0.237 e. The van der Waals surface area contributed by atoms with E-state index in [-0.39, 0.29) is 0 Å². The summed E-state index contributed by atoms with van der Waals surface area (Å²) in [4.78, 5) is 38.2. The van der Waals surface area contributed by atoms with Crippen LogP contribution in [-0.4, -0.2) is 22.5 Å². The van der Waals surface area contributed by atoms with Crippen molar-refractivity contribution in [2.75, 3.05) is 0 Å². The Morgan fingerprint density at radius 1 is 0.538 bits per heavy atom. The maximum atomic E-state index is 10.6. The Morgan fingerprint density at radius 3 is 1.28 bits per heavy atom. The van der Waals surface area contributed by atoms with Crippen molar-refractivity contribution in [2.24, 2.45) is 20.0 Å². The molecule has 4 rings (SSSR count). The quantitative estimate of drug-likeness (QED) is 0.0796. The smallest absolute Gasteiger partial charge is 0.237 e. The van der Waals surface area contributed by atoms with Crippen LogP contribution in [0.4, 0.5) is 22.7 Å². The molecular weight excluding hydrogens is 569 g/mol. The van der Waals surface area contributed by atoms with Crippen LogP contribution in [0.1, 0.15) is 0 Å². The van der Waals surface area contributed by atoms with Gasteiger partial charge in [-0.1, -0.05) is 24.3 Å². The summed E-state index contributed by atoms with van der Waals surface area (Å²) in [6.45, 7) is 0. The van der Waals surface area contributed by atoms with Crippen LogP contribution < -0.4 is 0 Å². The van der Waals surface area contributed by atoms with Crippen LogP contribution in [0.3, 0.4) is 0 Å². The highest BCUT2D eigenvalue weighted by Gasteiger charge is 2.12. The van der Waals surface area contributed by atoms with E-state index >= 15 is 0 Å². The molecule has 0 saturated carbocycles. The summed E-state index contributed by atoms with van der Waals surface area (Å²) < 4.78 is 6.01.